The molecule has 0 aliphatic rings. The fourth-order valence-corrected chi connectivity index (χ4v) is 2.45. The molecule has 20 heavy (non-hydrogen) atoms. The number of nitrogens with one attached hydrogen (secondary N) is 1. The summed E-state index contributed by atoms with van der Waals surface area (Å²) in [6.07, 6.45) is -0.676. The molecule has 2 nitrogen and oxygen atoms in total. The van der Waals surface area contributed by atoms with E-state index in [1.165, 1.54) is 6.07 Å². The number of likely N-dealkylation sites (N-methyl/N-ethyl adjacent to an activating group) is 1. The van der Waals surface area contributed by atoms with Crippen LogP contribution in [0.2, 0.25) is 5.02 Å². The third-order valence-electron chi connectivity index (χ3n) is 3.32. The first-order chi connectivity index (χ1) is 9.63. The molecule has 0 saturated heterocycles. The van der Waals surface area contributed by atoms with Crippen molar-refractivity contribution in [3.63, 3.8) is 0 Å². The molecule has 4 heteroatoms. The standard InChI is InChI=1S/C16H17ClFNO/c1-19-10-13(12-7-8-15(18)14(17)9-12)16(20)11-5-3-2-4-6-11/h2-9,13,16,19-20H,10H2,1H3/t13?,16-/m1/s1. The number of aliphatic hydroxyl groups excluding tert-OH is 1. The average Bonchev–Trinajstić information content (AvgIpc) is 2.48. The molecule has 0 heterocycles. The third kappa shape index (κ3) is 3.37. The molecule has 0 radical (unpaired) electrons. The molecule has 2 aromatic carbocycles. The highest BCUT2D eigenvalue weighted by Gasteiger charge is 2.22. The third-order valence-corrected chi connectivity index (χ3v) is 3.61. The van der Waals surface area contributed by atoms with E-state index in [9.17, 15) is 9.50 Å². The topological polar surface area (TPSA) is 32.3 Å². The highest BCUT2D eigenvalue weighted by atomic mass is 35.5. The SMILES string of the molecule is CNCC(c1ccc(F)c(Cl)c1)[C@H](O)c1ccccc1. The highest BCUT2D eigenvalue weighted by Crippen LogP contribution is 2.32. The van der Waals surface area contributed by atoms with Crippen molar-refractivity contribution < 1.29 is 9.50 Å². The first kappa shape index (κ1) is 15.0. The van der Waals surface area contributed by atoms with Crippen LogP contribution < -0.4 is 5.32 Å². The lowest BCUT2D eigenvalue weighted by Gasteiger charge is -2.24. The molecule has 0 amide bonds. The van der Waals surface area contributed by atoms with E-state index in [1.54, 1.807) is 12.1 Å². The van der Waals surface area contributed by atoms with Gasteiger partial charge in [-0.1, -0.05) is 48.0 Å². The van der Waals surface area contributed by atoms with Crippen LogP contribution in [0, 0.1) is 5.82 Å². The highest BCUT2D eigenvalue weighted by molar-refractivity contribution is 6.30. The summed E-state index contributed by atoms with van der Waals surface area (Å²) >= 11 is 5.83. The summed E-state index contributed by atoms with van der Waals surface area (Å²) in [6.45, 7) is 0.567. The number of aliphatic hydroxyl groups is 1. The average molecular weight is 294 g/mol. The molecule has 0 saturated carbocycles. The molecule has 0 aromatic heterocycles. The smallest absolute Gasteiger partial charge is 0.141 e. The lowest BCUT2D eigenvalue weighted by Crippen LogP contribution is -2.23. The first-order valence-electron chi connectivity index (χ1n) is 6.46. The predicted octanol–water partition coefficient (Wildman–Crippen LogP) is 3.52. The molecule has 0 fully saturated rings. The molecular weight excluding hydrogens is 277 g/mol. The second kappa shape index (κ2) is 6.84. The van der Waals surface area contributed by atoms with Gasteiger partial charge in [0.25, 0.3) is 0 Å². The van der Waals surface area contributed by atoms with Crippen LogP contribution in [0.1, 0.15) is 23.1 Å². The van der Waals surface area contributed by atoms with E-state index < -0.39 is 11.9 Å². The normalized spacial score (nSPS) is 14.0. The Morgan fingerprint density at radius 2 is 1.85 bits per heavy atom. The van der Waals surface area contributed by atoms with Crippen LogP contribution in [0.25, 0.3) is 0 Å². The van der Waals surface area contributed by atoms with Crippen LogP contribution in [-0.4, -0.2) is 18.7 Å². The van der Waals surface area contributed by atoms with Crippen LogP contribution in [0.4, 0.5) is 4.39 Å². The van der Waals surface area contributed by atoms with E-state index in [4.69, 9.17) is 11.6 Å². The van der Waals surface area contributed by atoms with Crippen LogP contribution in [0.15, 0.2) is 48.5 Å². The van der Waals surface area contributed by atoms with Gasteiger partial charge >= 0.3 is 0 Å². The van der Waals surface area contributed by atoms with Crippen molar-refractivity contribution in [3.8, 4) is 0 Å². The Balaban J connectivity index is 2.33. The van der Waals surface area contributed by atoms with Crippen LogP contribution in [0.3, 0.4) is 0 Å². The van der Waals surface area contributed by atoms with Crippen molar-refractivity contribution in [2.24, 2.45) is 0 Å². The first-order valence-corrected chi connectivity index (χ1v) is 6.84. The number of benzene rings is 2. The van der Waals surface area contributed by atoms with Crippen molar-refractivity contribution in [3.05, 3.63) is 70.5 Å². The Morgan fingerprint density at radius 1 is 1.15 bits per heavy atom. The van der Waals surface area contributed by atoms with E-state index in [1.807, 2.05) is 37.4 Å². The van der Waals surface area contributed by atoms with E-state index in [-0.39, 0.29) is 10.9 Å². The second-order valence-corrected chi connectivity index (χ2v) is 5.10. The Morgan fingerprint density at radius 3 is 2.45 bits per heavy atom. The van der Waals surface area contributed by atoms with E-state index in [2.05, 4.69) is 5.32 Å². The molecule has 2 rings (SSSR count). The fourth-order valence-electron chi connectivity index (χ4n) is 2.26. The van der Waals surface area contributed by atoms with Crippen molar-refractivity contribution in [2.75, 3.05) is 13.6 Å². The molecular formula is C16H17ClFNO. The van der Waals surface area contributed by atoms with Gasteiger partial charge in [0, 0.05) is 12.5 Å². The number of hydrogen-bond donors (Lipinski definition) is 2. The van der Waals surface area contributed by atoms with Crippen LogP contribution in [0.5, 0.6) is 0 Å². The zero-order valence-electron chi connectivity index (χ0n) is 11.2. The van der Waals surface area contributed by atoms with Gasteiger partial charge in [-0.05, 0) is 30.3 Å². The van der Waals surface area contributed by atoms with Gasteiger partial charge in [0.2, 0.25) is 0 Å². The fraction of sp³-hybridized carbons (Fsp3) is 0.250. The number of hydrogen-bond acceptors (Lipinski definition) is 2. The molecule has 2 N–H and O–H groups in total. The zero-order chi connectivity index (χ0) is 14.5. The van der Waals surface area contributed by atoms with Gasteiger partial charge in [-0.3, -0.25) is 0 Å². The molecule has 0 aliphatic heterocycles. The summed E-state index contributed by atoms with van der Waals surface area (Å²) in [4.78, 5) is 0. The predicted molar refractivity (Wildman–Crippen MR) is 79.5 cm³/mol. The summed E-state index contributed by atoms with van der Waals surface area (Å²) in [5.74, 6) is -0.645. The Labute approximate surface area is 123 Å². The van der Waals surface area contributed by atoms with Gasteiger partial charge in [0.15, 0.2) is 0 Å². The minimum absolute atomic E-state index is 0.0730. The summed E-state index contributed by atoms with van der Waals surface area (Å²) in [6, 6.07) is 14.0. The molecule has 2 aromatic rings. The van der Waals surface area contributed by atoms with Gasteiger partial charge in [0.05, 0.1) is 11.1 Å². The number of rotatable bonds is 5. The van der Waals surface area contributed by atoms with Gasteiger partial charge in [-0.15, -0.1) is 0 Å². The lowest BCUT2D eigenvalue weighted by atomic mass is 9.89. The van der Waals surface area contributed by atoms with Gasteiger partial charge < -0.3 is 10.4 Å². The van der Waals surface area contributed by atoms with Gasteiger partial charge in [-0.2, -0.15) is 0 Å². The Hall–Kier alpha value is -1.42. The maximum Gasteiger partial charge on any atom is 0.141 e. The lowest BCUT2D eigenvalue weighted by molar-refractivity contribution is 0.144. The van der Waals surface area contributed by atoms with Crippen molar-refractivity contribution in [2.45, 2.75) is 12.0 Å². The molecule has 1 unspecified atom stereocenters. The second-order valence-electron chi connectivity index (χ2n) is 4.69. The van der Waals surface area contributed by atoms with Gasteiger partial charge in [0.1, 0.15) is 5.82 Å². The minimum Gasteiger partial charge on any atom is -0.388 e. The van der Waals surface area contributed by atoms with E-state index in [0.717, 1.165) is 11.1 Å². The minimum atomic E-state index is -0.676. The summed E-state index contributed by atoms with van der Waals surface area (Å²) in [7, 11) is 1.82. The Kier molecular flexibility index (Phi) is 5.12. The molecule has 106 valence electrons. The van der Waals surface area contributed by atoms with Crippen molar-refractivity contribution >= 4 is 11.6 Å². The summed E-state index contributed by atoms with van der Waals surface area (Å²) in [5, 5.41) is 13.7. The molecule has 0 aliphatic carbocycles. The van der Waals surface area contributed by atoms with Gasteiger partial charge in [-0.25, -0.2) is 4.39 Å². The van der Waals surface area contributed by atoms with E-state index in [0.29, 0.717) is 6.54 Å². The summed E-state index contributed by atoms with van der Waals surface area (Å²) < 4.78 is 13.3. The zero-order valence-corrected chi connectivity index (χ0v) is 11.9. The molecule has 2 atom stereocenters. The number of halogens is 2. The largest absolute Gasteiger partial charge is 0.388 e. The van der Waals surface area contributed by atoms with Crippen LogP contribution >= 0.6 is 11.6 Å². The summed E-state index contributed by atoms with van der Waals surface area (Å²) in [5.41, 5.74) is 1.63. The van der Waals surface area contributed by atoms with Crippen molar-refractivity contribution in [1.29, 1.82) is 0 Å². The van der Waals surface area contributed by atoms with Crippen molar-refractivity contribution in [1.82, 2.24) is 5.32 Å². The maximum absolute atomic E-state index is 13.3. The Bertz CT molecular complexity index is 562. The molecule has 0 bridgehead atoms. The maximum atomic E-state index is 13.3. The van der Waals surface area contributed by atoms with Crippen LogP contribution in [-0.2, 0) is 0 Å². The quantitative estimate of drug-likeness (QED) is 0.884. The monoisotopic (exact) mass is 293 g/mol. The van der Waals surface area contributed by atoms with E-state index >= 15 is 0 Å². The molecule has 0 spiro atoms.